The summed E-state index contributed by atoms with van der Waals surface area (Å²) < 4.78 is 23.9. The van der Waals surface area contributed by atoms with Gasteiger partial charge in [-0.2, -0.15) is 0 Å². The van der Waals surface area contributed by atoms with E-state index in [4.69, 9.17) is 0 Å². The predicted molar refractivity (Wildman–Crippen MR) is 72.5 cm³/mol. The molecule has 0 aliphatic carbocycles. The van der Waals surface area contributed by atoms with Crippen molar-refractivity contribution in [2.24, 2.45) is 0 Å². The highest BCUT2D eigenvalue weighted by atomic mass is 32.2. The standard InChI is InChI=1S/C13H12N2O5S/c16-11-8-15(9-12(17)14-11)13(18)6-7-21(19,20)10-4-2-1-3-5-10/h1-7H,8-9H2,(H,14,16,17). The van der Waals surface area contributed by atoms with Gasteiger partial charge < -0.3 is 4.90 Å². The zero-order valence-corrected chi connectivity index (χ0v) is 11.7. The highest BCUT2D eigenvalue weighted by Crippen LogP contribution is 2.11. The Hall–Kier alpha value is -2.48. The highest BCUT2D eigenvalue weighted by molar-refractivity contribution is 7.94. The summed E-state index contributed by atoms with van der Waals surface area (Å²) in [5.74, 6) is -1.91. The van der Waals surface area contributed by atoms with Crippen LogP contribution in [-0.4, -0.2) is 44.1 Å². The van der Waals surface area contributed by atoms with Gasteiger partial charge in [0, 0.05) is 11.5 Å². The van der Waals surface area contributed by atoms with Gasteiger partial charge in [0.1, 0.15) is 13.1 Å². The molecule has 0 atom stereocenters. The van der Waals surface area contributed by atoms with Gasteiger partial charge in [0.15, 0.2) is 9.84 Å². The summed E-state index contributed by atoms with van der Waals surface area (Å²) in [5.41, 5.74) is 0. The molecule has 1 aromatic carbocycles. The summed E-state index contributed by atoms with van der Waals surface area (Å²) in [6.45, 7) is -0.555. The highest BCUT2D eigenvalue weighted by Gasteiger charge is 2.25. The maximum absolute atomic E-state index is 11.9. The van der Waals surface area contributed by atoms with Crippen LogP contribution in [0.5, 0.6) is 0 Å². The van der Waals surface area contributed by atoms with Crippen molar-refractivity contribution in [3.05, 3.63) is 41.8 Å². The summed E-state index contributed by atoms with van der Waals surface area (Å²) in [4.78, 5) is 35.1. The Bertz CT molecular complexity index is 693. The first kappa shape index (κ1) is 14.9. The molecule has 7 nitrogen and oxygen atoms in total. The van der Waals surface area contributed by atoms with Crippen molar-refractivity contribution in [2.45, 2.75) is 4.90 Å². The molecule has 0 saturated carbocycles. The molecule has 1 heterocycles. The number of sulfone groups is 1. The number of nitrogens with zero attached hydrogens (tertiary/aromatic N) is 1. The van der Waals surface area contributed by atoms with Crippen LogP contribution in [0, 0.1) is 0 Å². The molecule has 0 unspecified atom stereocenters. The van der Waals surface area contributed by atoms with Crippen molar-refractivity contribution in [2.75, 3.05) is 13.1 Å². The number of imide groups is 1. The Morgan fingerprint density at radius 2 is 1.67 bits per heavy atom. The second kappa shape index (κ2) is 5.88. The summed E-state index contributed by atoms with van der Waals surface area (Å²) in [5, 5.41) is 2.81. The fourth-order valence-electron chi connectivity index (χ4n) is 1.73. The van der Waals surface area contributed by atoms with Gasteiger partial charge in [-0.3, -0.25) is 19.7 Å². The van der Waals surface area contributed by atoms with Crippen LogP contribution in [0.25, 0.3) is 0 Å². The van der Waals surface area contributed by atoms with Gasteiger partial charge in [0.05, 0.1) is 4.90 Å². The number of nitrogens with one attached hydrogen (secondary N) is 1. The van der Waals surface area contributed by atoms with E-state index in [1.54, 1.807) is 18.2 Å². The molecule has 0 bridgehead atoms. The summed E-state index contributed by atoms with van der Waals surface area (Å²) >= 11 is 0. The lowest BCUT2D eigenvalue weighted by Gasteiger charge is -2.24. The second-order valence-corrected chi connectivity index (χ2v) is 6.16. The van der Waals surface area contributed by atoms with Gasteiger partial charge in [-0.25, -0.2) is 8.42 Å². The van der Waals surface area contributed by atoms with E-state index in [9.17, 15) is 22.8 Å². The Kier molecular flexibility index (Phi) is 4.18. The molecule has 0 radical (unpaired) electrons. The number of carbonyl (C=O) groups excluding carboxylic acids is 3. The van der Waals surface area contributed by atoms with E-state index in [0.29, 0.717) is 0 Å². The maximum Gasteiger partial charge on any atom is 0.248 e. The van der Waals surface area contributed by atoms with Crippen LogP contribution in [0.4, 0.5) is 0 Å². The maximum atomic E-state index is 11.9. The van der Waals surface area contributed by atoms with Crippen LogP contribution in [0.15, 0.2) is 46.7 Å². The zero-order chi connectivity index (χ0) is 15.5. The fraction of sp³-hybridized carbons (Fsp3) is 0.154. The Balaban J connectivity index is 2.12. The van der Waals surface area contributed by atoms with E-state index in [1.165, 1.54) is 12.1 Å². The monoisotopic (exact) mass is 308 g/mol. The number of rotatable bonds is 3. The number of carbonyl (C=O) groups is 3. The number of benzene rings is 1. The molecule has 110 valence electrons. The van der Waals surface area contributed by atoms with Crippen LogP contribution in [-0.2, 0) is 24.2 Å². The third kappa shape index (κ3) is 3.76. The first-order valence-electron chi connectivity index (χ1n) is 5.98. The van der Waals surface area contributed by atoms with Gasteiger partial charge in [0.25, 0.3) is 0 Å². The number of amides is 3. The number of hydrogen-bond acceptors (Lipinski definition) is 5. The first-order valence-corrected chi connectivity index (χ1v) is 7.53. The molecule has 2 rings (SSSR count). The van der Waals surface area contributed by atoms with Crippen LogP contribution in [0.3, 0.4) is 0 Å². The van der Waals surface area contributed by atoms with Gasteiger partial charge >= 0.3 is 0 Å². The fourth-order valence-corrected chi connectivity index (χ4v) is 2.72. The smallest absolute Gasteiger partial charge is 0.248 e. The average Bonchev–Trinajstić information content (AvgIpc) is 2.45. The molecule has 1 aliphatic rings. The summed E-state index contributed by atoms with van der Waals surface area (Å²) in [7, 11) is -3.73. The normalized spacial score (nSPS) is 16.1. The Labute approximate surface area is 121 Å². The SMILES string of the molecule is O=C1CN(C(=O)C=CS(=O)(=O)c2ccccc2)CC(=O)N1. The molecular formula is C13H12N2O5S. The van der Waals surface area contributed by atoms with E-state index in [0.717, 1.165) is 16.4 Å². The van der Waals surface area contributed by atoms with Crippen LogP contribution < -0.4 is 5.32 Å². The van der Waals surface area contributed by atoms with Crippen LogP contribution in [0.1, 0.15) is 0 Å². The zero-order valence-electron chi connectivity index (χ0n) is 10.9. The molecule has 0 spiro atoms. The molecule has 0 aromatic heterocycles. The minimum Gasteiger partial charge on any atom is -0.320 e. The van der Waals surface area contributed by atoms with Crippen molar-refractivity contribution in [1.82, 2.24) is 10.2 Å². The lowest BCUT2D eigenvalue weighted by atomic mass is 10.3. The number of hydrogen-bond donors (Lipinski definition) is 1. The molecule has 1 saturated heterocycles. The van der Waals surface area contributed by atoms with Crippen LogP contribution >= 0.6 is 0 Å². The van der Waals surface area contributed by atoms with Crippen molar-refractivity contribution >= 4 is 27.6 Å². The van der Waals surface area contributed by atoms with E-state index in [-0.39, 0.29) is 18.0 Å². The molecule has 1 aromatic rings. The van der Waals surface area contributed by atoms with Gasteiger partial charge in [-0.15, -0.1) is 0 Å². The summed E-state index contributed by atoms with van der Waals surface area (Å²) in [6, 6.07) is 7.61. The number of piperazine rings is 1. The third-order valence-corrected chi connectivity index (χ3v) is 4.14. The largest absolute Gasteiger partial charge is 0.320 e. The van der Waals surface area contributed by atoms with Crippen LogP contribution in [0.2, 0.25) is 0 Å². The minimum absolute atomic E-state index is 0.0570. The molecule has 21 heavy (non-hydrogen) atoms. The lowest BCUT2D eigenvalue weighted by molar-refractivity contribution is -0.143. The molecular weight excluding hydrogens is 296 g/mol. The second-order valence-electron chi connectivity index (χ2n) is 4.33. The quantitative estimate of drug-likeness (QED) is 0.597. The molecule has 1 N–H and O–H groups in total. The van der Waals surface area contributed by atoms with Crippen molar-refractivity contribution < 1.29 is 22.8 Å². The minimum atomic E-state index is -3.73. The molecule has 1 fully saturated rings. The Morgan fingerprint density at radius 3 is 2.24 bits per heavy atom. The Morgan fingerprint density at radius 1 is 1.10 bits per heavy atom. The van der Waals surface area contributed by atoms with Crippen molar-refractivity contribution in [3.63, 3.8) is 0 Å². The van der Waals surface area contributed by atoms with Crippen molar-refractivity contribution in [1.29, 1.82) is 0 Å². The first-order chi connectivity index (χ1) is 9.88. The predicted octanol–water partition coefficient (Wildman–Crippen LogP) is -0.541. The van der Waals surface area contributed by atoms with Gasteiger partial charge in [-0.1, -0.05) is 18.2 Å². The molecule has 8 heteroatoms. The average molecular weight is 308 g/mol. The molecule has 1 aliphatic heterocycles. The topological polar surface area (TPSA) is 101 Å². The van der Waals surface area contributed by atoms with E-state index >= 15 is 0 Å². The van der Waals surface area contributed by atoms with Gasteiger partial charge in [0.2, 0.25) is 17.7 Å². The summed E-state index contributed by atoms with van der Waals surface area (Å²) in [6.07, 6.45) is 0.841. The third-order valence-electron chi connectivity index (χ3n) is 2.72. The van der Waals surface area contributed by atoms with Gasteiger partial charge in [-0.05, 0) is 12.1 Å². The lowest BCUT2D eigenvalue weighted by Crippen LogP contribution is -2.53. The van der Waals surface area contributed by atoms with Crippen molar-refractivity contribution in [3.8, 4) is 0 Å². The van der Waals surface area contributed by atoms with E-state index in [2.05, 4.69) is 0 Å². The van der Waals surface area contributed by atoms with E-state index < -0.39 is 27.6 Å². The molecule has 3 amide bonds. The van der Waals surface area contributed by atoms with E-state index in [1.807, 2.05) is 5.32 Å².